The van der Waals surface area contributed by atoms with E-state index >= 15 is 0 Å². The van der Waals surface area contributed by atoms with Gasteiger partial charge in [-0.3, -0.25) is 0 Å². The van der Waals surface area contributed by atoms with Gasteiger partial charge in [0, 0.05) is 48.9 Å². The molecular formula is C45H29NO. The number of nitrogens with zero attached hydrogens (tertiary/aromatic N) is 1. The number of hydrogen-bond acceptors (Lipinski definition) is 1. The van der Waals surface area contributed by atoms with Gasteiger partial charge in [-0.15, -0.1) is 0 Å². The summed E-state index contributed by atoms with van der Waals surface area (Å²) in [7, 11) is 0. The van der Waals surface area contributed by atoms with Crippen molar-refractivity contribution in [1.29, 1.82) is 0 Å². The van der Waals surface area contributed by atoms with Crippen molar-refractivity contribution in [3.05, 3.63) is 151 Å². The quantitative estimate of drug-likeness (QED) is 0.193. The van der Waals surface area contributed by atoms with E-state index in [0.29, 0.717) is 0 Å². The predicted octanol–water partition coefficient (Wildman–Crippen LogP) is 12.4. The van der Waals surface area contributed by atoms with E-state index < -0.39 is 0 Å². The Labute approximate surface area is 271 Å². The van der Waals surface area contributed by atoms with Crippen LogP contribution in [-0.2, 0) is 5.41 Å². The standard InChI is InChI=1S/C45H29NO/c1-45(2)38-18-5-3-10-30(38)31-22-20-26(24-39(31)45)28-12-7-16-36-37-17-8-13-29(44(37)47-43(28)36)27-21-23-33-35-15-9-14-34-32-11-4-6-19-40(32)46(42(34)35)41(33)25-27/h3-25H,1-2H3. The fourth-order valence-electron chi connectivity index (χ4n) is 8.74. The highest BCUT2D eigenvalue weighted by Gasteiger charge is 2.35. The van der Waals surface area contributed by atoms with Crippen LogP contribution >= 0.6 is 0 Å². The Hall–Kier alpha value is -5.86. The van der Waals surface area contributed by atoms with Crippen LogP contribution in [0.2, 0.25) is 0 Å². The third-order valence-electron chi connectivity index (χ3n) is 11.0. The second-order valence-corrected chi connectivity index (χ2v) is 13.7. The monoisotopic (exact) mass is 599 g/mol. The Balaban J connectivity index is 1.12. The zero-order valence-corrected chi connectivity index (χ0v) is 26.1. The first kappa shape index (κ1) is 25.3. The maximum atomic E-state index is 6.94. The highest BCUT2D eigenvalue weighted by atomic mass is 16.3. The highest BCUT2D eigenvalue weighted by Crippen LogP contribution is 2.50. The normalized spacial score (nSPS) is 13.9. The van der Waals surface area contributed by atoms with Crippen LogP contribution in [-0.4, -0.2) is 4.40 Å². The van der Waals surface area contributed by atoms with Gasteiger partial charge in [-0.05, 0) is 51.6 Å². The van der Waals surface area contributed by atoms with Crippen molar-refractivity contribution >= 4 is 60.0 Å². The van der Waals surface area contributed by atoms with Crippen molar-refractivity contribution in [3.8, 4) is 33.4 Å². The Morgan fingerprint density at radius 3 is 1.77 bits per heavy atom. The summed E-state index contributed by atoms with van der Waals surface area (Å²) in [6.45, 7) is 4.68. The SMILES string of the molecule is CC1(C)c2ccccc2-c2ccc(-c3cccc4c3oc3c(-c5ccc6c7cccc8c9ccccc9n(c6c5)c87)cccc34)cc21. The van der Waals surface area contributed by atoms with Gasteiger partial charge in [-0.25, -0.2) is 0 Å². The fraction of sp³-hybridized carbons (Fsp3) is 0.0667. The minimum atomic E-state index is -0.0548. The summed E-state index contributed by atoms with van der Waals surface area (Å²) in [5, 5.41) is 7.47. The van der Waals surface area contributed by atoms with Gasteiger partial charge >= 0.3 is 0 Å². The topological polar surface area (TPSA) is 17.6 Å². The van der Waals surface area contributed by atoms with Gasteiger partial charge in [-0.2, -0.15) is 0 Å². The average Bonchev–Trinajstić information content (AvgIpc) is 3.83. The van der Waals surface area contributed by atoms with E-state index in [-0.39, 0.29) is 5.41 Å². The van der Waals surface area contributed by atoms with Crippen molar-refractivity contribution < 1.29 is 4.42 Å². The fourth-order valence-corrected chi connectivity index (χ4v) is 8.74. The summed E-state index contributed by atoms with van der Waals surface area (Å²) in [6, 6.07) is 51.2. The Morgan fingerprint density at radius 2 is 0.979 bits per heavy atom. The molecule has 7 aromatic carbocycles. The summed E-state index contributed by atoms with van der Waals surface area (Å²) < 4.78 is 9.39. The molecule has 0 saturated heterocycles. The number of para-hydroxylation sites is 4. The van der Waals surface area contributed by atoms with E-state index in [9.17, 15) is 0 Å². The highest BCUT2D eigenvalue weighted by molar-refractivity contribution is 6.23. The molecule has 10 aromatic rings. The summed E-state index contributed by atoms with van der Waals surface area (Å²) in [5.41, 5.74) is 15.6. The third-order valence-corrected chi connectivity index (χ3v) is 11.0. The number of hydrogen-bond donors (Lipinski definition) is 0. The first-order valence-electron chi connectivity index (χ1n) is 16.4. The number of aromatic nitrogens is 1. The molecule has 0 radical (unpaired) electrons. The number of furan rings is 1. The van der Waals surface area contributed by atoms with Gasteiger partial charge in [0.15, 0.2) is 0 Å². The largest absolute Gasteiger partial charge is 0.455 e. The van der Waals surface area contributed by atoms with Crippen molar-refractivity contribution in [2.45, 2.75) is 19.3 Å². The molecule has 0 unspecified atom stereocenters. The van der Waals surface area contributed by atoms with Gasteiger partial charge in [0.2, 0.25) is 0 Å². The minimum absolute atomic E-state index is 0.0548. The Bertz CT molecular complexity index is 2930. The lowest BCUT2D eigenvalue weighted by Crippen LogP contribution is -2.14. The zero-order valence-electron chi connectivity index (χ0n) is 26.1. The van der Waals surface area contributed by atoms with E-state index in [4.69, 9.17) is 4.42 Å². The van der Waals surface area contributed by atoms with E-state index in [1.807, 2.05) is 0 Å². The molecule has 0 bridgehead atoms. The first-order valence-corrected chi connectivity index (χ1v) is 16.4. The Morgan fingerprint density at radius 1 is 0.426 bits per heavy atom. The zero-order chi connectivity index (χ0) is 31.0. The lowest BCUT2D eigenvalue weighted by Gasteiger charge is -2.22. The molecule has 0 N–H and O–H groups in total. The number of fused-ring (bicyclic) bond motifs is 12. The van der Waals surface area contributed by atoms with Gasteiger partial charge in [0.25, 0.3) is 0 Å². The van der Waals surface area contributed by atoms with Crippen LogP contribution in [0, 0.1) is 0 Å². The van der Waals surface area contributed by atoms with Crippen molar-refractivity contribution in [3.63, 3.8) is 0 Å². The molecule has 0 atom stereocenters. The second kappa shape index (κ2) is 8.69. The molecule has 0 fully saturated rings. The summed E-state index contributed by atoms with van der Waals surface area (Å²) >= 11 is 0. The molecule has 2 heteroatoms. The molecule has 3 aromatic heterocycles. The van der Waals surface area contributed by atoms with Gasteiger partial charge in [0.1, 0.15) is 11.2 Å². The van der Waals surface area contributed by atoms with E-state index in [0.717, 1.165) is 38.6 Å². The lowest BCUT2D eigenvalue weighted by atomic mass is 9.81. The van der Waals surface area contributed by atoms with Crippen molar-refractivity contribution in [2.75, 3.05) is 0 Å². The van der Waals surface area contributed by atoms with E-state index in [1.54, 1.807) is 0 Å². The molecule has 2 nitrogen and oxygen atoms in total. The molecular weight excluding hydrogens is 571 g/mol. The first-order chi connectivity index (χ1) is 23.1. The molecule has 47 heavy (non-hydrogen) atoms. The van der Waals surface area contributed by atoms with Crippen LogP contribution in [0.25, 0.3) is 93.4 Å². The molecule has 220 valence electrons. The molecule has 1 aliphatic carbocycles. The van der Waals surface area contributed by atoms with Crippen LogP contribution < -0.4 is 0 Å². The van der Waals surface area contributed by atoms with Crippen molar-refractivity contribution in [1.82, 2.24) is 4.40 Å². The smallest absolute Gasteiger partial charge is 0.143 e. The summed E-state index contributed by atoms with van der Waals surface area (Å²) in [6.07, 6.45) is 0. The van der Waals surface area contributed by atoms with Gasteiger partial charge < -0.3 is 8.82 Å². The molecule has 0 spiro atoms. The van der Waals surface area contributed by atoms with Crippen molar-refractivity contribution in [2.24, 2.45) is 0 Å². The van der Waals surface area contributed by atoms with Gasteiger partial charge in [-0.1, -0.05) is 135 Å². The van der Waals surface area contributed by atoms with Gasteiger partial charge in [0.05, 0.1) is 16.6 Å². The lowest BCUT2D eigenvalue weighted by molar-refractivity contribution is 0.660. The summed E-state index contributed by atoms with van der Waals surface area (Å²) in [5.74, 6) is 0. The number of benzene rings is 7. The maximum Gasteiger partial charge on any atom is 0.143 e. The van der Waals surface area contributed by atoms with E-state index in [1.165, 1.54) is 65.9 Å². The number of rotatable bonds is 2. The molecule has 0 amide bonds. The summed E-state index contributed by atoms with van der Waals surface area (Å²) in [4.78, 5) is 0. The van der Waals surface area contributed by atoms with E-state index in [2.05, 4.69) is 158 Å². The molecule has 3 heterocycles. The molecule has 0 saturated carbocycles. The van der Waals surface area contributed by atoms with Crippen LogP contribution in [0.15, 0.2) is 144 Å². The van der Waals surface area contributed by atoms with Crippen LogP contribution in [0.5, 0.6) is 0 Å². The molecule has 0 aliphatic heterocycles. The van der Waals surface area contributed by atoms with Crippen LogP contribution in [0.1, 0.15) is 25.0 Å². The Kier molecular flexibility index (Phi) is 4.68. The minimum Gasteiger partial charge on any atom is -0.455 e. The van der Waals surface area contributed by atoms with Crippen LogP contribution in [0.3, 0.4) is 0 Å². The maximum absolute atomic E-state index is 6.94. The van der Waals surface area contributed by atoms with Crippen LogP contribution in [0.4, 0.5) is 0 Å². The molecule has 1 aliphatic rings. The third kappa shape index (κ3) is 3.15. The predicted molar refractivity (Wildman–Crippen MR) is 197 cm³/mol. The second-order valence-electron chi connectivity index (χ2n) is 13.7. The average molecular weight is 600 g/mol. The molecule has 11 rings (SSSR count).